The van der Waals surface area contributed by atoms with Gasteiger partial charge in [0.1, 0.15) is 17.4 Å². The molecule has 0 unspecified atom stereocenters. The first-order chi connectivity index (χ1) is 15.9. The molecule has 7 nitrogen and oxygen atoms in total. The smallest absolute Gasteiger partial charge is 0.262 e. The Bertz CT molecular complexity index is 1220. The number of nitrogens with one attached hydrogen (secondary N) is 1. The summed E-state index contributed by atoms with van der Waals surface area (Å²) in [5, 5.41) is 12.4. The molecule has 0 saturated heterocycles. The highest BCUT2D eigenvalue weighted by molar-refractivity contribution is 6.01. The second-order valence-corrected chi connectivity index (χ2v) is 7.37. The van der Waals surface area contributed by atoms with E-state index in [1.165, 1.54) is 0 Å². The molecular formula is C26H27N3O4. The molecule has 0 bridgehead atoms. The number of benzene rings is 2. The molecule has 2 aromatic carbocycles. The number of hydrogen-bond acceptors (Lipinski definition) is 5. The molecular weight excluding hydrogens is 418 g/mol. The maximum Gasteiger partial charge on any atom is 0.262 e. The normalized spacial score (nSPS) is 11.0. The average molecular weight is 446 g/mol. The van der Waals surface area contributed by atoms with Crippen molar-refractivity contribution in [1.82, 2.24) is 9.88 Å². The summed E-state index contributed by atoms with van der Waals surface area (Å²) in [6.07, 6.45) is 1.61. The number of para-hydroxylation sites is 1. The zero-order valence-corrected chi connectivity index (χ0v) is 19.4. The fourth-order valence-corrected chi connectivity index (χ4v) is 3.73. The summed E-state index contributed by atoms with van der Waals surface area (Å²) < 4.78 is 18.0. The van der Waals surface area contributed by atoms with Crippen LogP contribution in [0.3, 0.4) is 0 Å². The first-order valence-corrected chi connectivity index (χ1v) is 10.4. The van der Waals surface area contributed by atoms with E-state index in [0.717, 1.165) is 34.0 Å². The molecule has 7 heteroatoms. The topological polar surface area (TPSA) is 85.5 Å². The highest BCUT2D eigenvalue weighted by Gasteiger charge is 2.15. The van der Waals surface area contributed by atoms with Crippen LogP contribution in [-0.4, -0.2) is 31.8 Å². The van der Waals surface area contributed by atoms with E-state index in [9.17, 15) is 10.1 Å². The quantitative estimate of drug-likeness (QED) is 0.412. The molecule has 0 fully saturated rings. The van der Waals surface area contributed by atoms with Crippen molar-refractivity contribution in [3.63, 3.8) is 0 Å². The Morgan fingerprint density at radius 3 is 2.39 bits per heavy atom. The molecule has 0 spiro atoms. The summed E-state index contributed by atoms with van der Waals surface area (Å²) in [7, 11) is 4.73. The van der Waals surface area contributed by atoms with Gasteiger partial charge in [-0.25, -0.2) is 0 Å². The van der Waals surface area contributed by atoms with Gasteiger partial charge in [0.15, 0.2) is 11.5 Å². The molecule has 33 heavy (non-hydrogen) atoms. The number of amides is 1. The summed E-state index contributed by atoms with van der Waals surface area (Å²) in [4.78, 5) is 12.8. The van der Waals surface area contributed by atoms with E-state index in [1.54, 1.807) is 33.5 Å². The number of rotatable bonds is 8. The minimum Gasteiger partial charge on any atom is -0.497 e. The van der Waals surface area contributed by atoms with Gasteiger partial charge in [-0.1, -0.05) is 12.1 Å². The lowest BCUT2D eigenvalue weighted by atomic mass is 10.1. The first kappa shape index (κ1) is 23.5. The maximum absolute atomic E-state index is 12.8. The lowest BCUT2D eigenvalue weighted by Crippen LogP contribution is -2.24. The maximum atomic E-state index is 12.8. The number of carbonyl (C=O) groups is 1. The van der Waals surface area contributed by atoms with E-state index < -0.39 is 5.91 Å². The van der Waals surface area contributed by atoms with Crippen molar-refractivity contribution in [2.45, 2.75) is 20.4 Å². The van der Waals surface area contributed by atoms with Gasteiger partial charge in [0.2, 0.25) is 0 Å². The van der Waals surface area contributed by atoms with Crippen LogP contribution in [0.1, 0.15) is 22.5 Å². The van der Waals surface area contributed by atoms with Gasteiger partial charge in [0.25, 0.3) is 5.91 Å². The fraction of sp³-hybridized carbons (Fsp3) is 0.231. The molecule has 0 aliphatic carbocycles. The molecule has 3 rings (SSSR count). The van der Waals surface area contributed by atoms with Crippen molar-refractivity contribution in [3.8, 4) is 29.0 Å². The van der Waals surface area contributed by atoms with Crippen LogP contribution >= 0.6 is 0 Å². The molecule has 1 N–H and O–H groups in total. The number of aryl methyl sites for hydroxylation is 1. The van der Waals surface area contributed by atoms with Crippen LogP contribution in [-0.2, 0) is 11.3 Å². The van der Waals surface area contributed by atoms with E-state index in [1.807, 2.05) is 62.4 Å². The van der Waals surface area contributed by atoms with E-state index in [2.05, 4.69) is 9.88 Å². The van der Waals surface area contributed by atoms with Gasteiger partial charge < -0.3 is 24.1 Å². The number of aromatic nitrogens is 1. The number of ether oxygens (including phenoxy) is 3. The molecule has 170 valence electrons. The Morgan fingerprint density at radius 1 is 1.06 bits per heavy atom. The second-order valence-electron chi connectivity index (χ2n) is 7.37. The number of nitrogens with zero attached hydrogens (tertiary/aromatic N) is 2. The Morgan fingerprint density at radius 2 is 1.79 bits per heavy atom. The van der Waals surface area contributed by atoms with Crippen LogP contribution in [0.15, 0.2) is 54.1 Å². The molecule has 0 aliphatic heterocycles. The largest absolute Gasteiger partial charge is 0.497 e. The van der Waals surface area contributed by atoms with Crippen molar-refractivity contribution >= 4 is 12.0 Å². The van der Waals surface area contributed by atoms with Crippen LogP contribution in [0.4, 0.5) is 0 Å². The Labute approximate surface area is 193 Å². The van der Waals surface area contributed by atoms with Crippen LogP contribution in [0.25, 0.3) is 11.8 Å². The van der Waals surface area contributed by atoms with Crippen molar-refractivity contribution in [1.29, 1.82) is 5.26 Å². The van der Waals surface area contributed by atoms with Crippen molar-refractivity contribution in [3.05, 3.63) is 76.6 Å². The van der Waals surface area contributed by atoms with Gasteiger partial charge in [-0.2, -0.15) is 5.26 Å². The SMILES string of the molecule is COc1ccc(-n2c(C)cc(/C=C(\C#N)C(=O)NCc3cccc(OC)c3OC)c2C)cc1. The summed E-state index contributed by atoms with van der Waals surface area (Å²) in [6, 6.07) is 17.1. The third-order valence-electron chi connectivity index (χ3n) is 5.39. The summed E-state index contributed by atoms with van der Waals surface area (Å²) in [5.41, 5.74) is 4.45. The average Bonchev–Trinajstić information content (AvgIpc) is 3.12. The van der Waals surface area contributed by atoms with Crippen molar-refractivity contribution < 1.29 is 19.0 Å². The molecule has 1 heterocycles. The van der Waals surface area contributed by atoms with E-state index >= 15 is 0 Å². The third kappa shape index (κ3) is 5.01. The number of nitriles is 1. The Hall–Kier alpha value is -4.18. The molecule has 3 aromatic rings. The van der Waals surface area contributed by atoms with Gasteiger partial charge >= 0.3 is 0 Å². The summed E-state index contributed by atoms with van der Waals surface area (Å²) in [5.74, 6) is 1.44. The second kappa shape index (κ2) is 10.4. The first-order valence-electron chi connectivity index (χ1n) is 10.4. The number of hydrogen-bond donors (Lipinski definition) is 1. The lowest BCUT2D eigenvalue weighted by molar-refractivity contribution is -0.117. The molecule has 1 aromatic heterocycles. The van der Waals surface area contributed by atoms with Gasteiger partial charge in [-0.15, -0.1) is 0 Å². The molecule has 1 amide bonds. The van der Waals surface area contributed by atoms with E-state index in [0.29, 0.717) is 11.5 Å². The standard InChI is InChI=1S/C26H27N3O4/c1-17-13-20(18(2)29(17)22-9-11-23(31-3)12-10-22)14-21(15-27)26(30)28-16-19-7-6-8-24(32-4)25(19)33-5/h6-14H,16H2,1-5H3,(H,28,30)/b21-14+. The molecule has 0 atom stereocenters. The minimum atomic E-state index is -0.461. The predicted molar refractivity (Wildman–Crippen MR) is 127 cm³/mol. The number of carbonyl (C=O) groups excluding carboxylic acids is 1. The summed E-state index contributed by atoms with van der Waals surface area (Å²) >= 11 is 0. The van der Waals surface area contributed by atoms with Crippen molar-refractivity contribution in [2.75, 3.05) is 21.3 Å². The lowest BCUT2D eigenvalue weighted by Gasteiger charge is -2.13. The zero-order valence-electron chi connectivity index (χ0n) is 19.4. The highest BCUT2D eigenvalue weighted by atomic mass is 16.5. The predicted octanol–water partition coefficient (Wildman–Crippen LogP) is 4.34. The van der Waals surface area contributed by atoms with Gasteiger partial charge in [-0.05, 0) is 61.9 Å². The number of methoxy groups -OCH3 is 3. The van der Waals surface area contributed by atoms with Crippen LogP contribution < -0.4 is 19.5 Å². The van der Waals surface area contributed by atoms with Crippen molar-refractivity contribution in [2.24, 2.45) is 0 Å². The minimum absolute atomic E-state index is 0.0202. The highest BCUT2D eigenvalue weighted by Crippen LogP contribution is 2.30. The monoisotopic (exact) mass is 445 g/mol. The van der Waals surface area contributed by atoms with Gasteiger partial charge in [-0.3, -0.25) is 4.79 Å². The van der Waals surface area contributed by atoms with Gasteiger partial charge in [0, 0.05) is 29.2 Å². The van der Waals surface area contributed by atoms with Crippen LogP contribution in [0.2, 0.25) is 0 Å². The summed E-state index contributed by atoms with van der Waals surface area (Å²) in [6.45, 7) is 4.13. The van der Waals surface area contributed by atoms with Crippen LogP contribution in [0.5, 0.6) is 17.2 Å². The van der Waals surface area contributed by atoms with E-state index in [-0.39, 0.29) is 12.1 Å². The van der Waals surface area contributed by atoms with Crippen LogP contribution in [0, 0.1) is 25.2 Å². The zero-order chi connectivity index (χ0) is 24.0. The Balaban J connectivity index is 1.84. The molecule has 0 saturated carbocycles. The fourth-order valence-electron chi connectivity index (χ4n) is 3.73. The third-order valence-corrected chi connectivity index (χ3v) is 5.39. The van der Waals surface area contributed by atoms with E-state index in [4.69, 9.17) is 14.2 Å². The Kier molecular flexibility index (Phi) is 7.42. The van der Waals surface area contributed by atoms with Gasteiger partial charge in [0.05, 0.1) is 21.3 Å². The molecule has 0 radical (unpaired) electrons. The molecule has 0 aliphatic rings.